The summed E-state index contributed by atoms with van der Waals surface area (Å²) in [6.45, 7) is 0.759. The number of hydrogen-bond donors (Lipinski definition) is 3. The number of nitrogens with zero attached hydrogens (tertiary/aromatic N) is 1. The Labute approximate surface area is 221 Å². The van der Waals surface area contributed by atoms with Crippen LogP contribution in [-0.4, -0.2) is 57.9 Å². The second-order valence-electron chi connectivity index (χ2n) is 9.01. The first kappa shape index (κ1) is 28.1. The molecule has 0 unspecified atom stereocenters. The molecular weight excluding hydrogens is 509 g/mol. The van der Waals surface area contributed by atoms with Crippen molar-refractivity contribution in [1.29, 1.82) is 0 Å². The normalized spacial score (nSPS) is 22.9. The molecule has 3 aromatic rings. The van der Waals surface area contributed by atoms with Gasteiger partial charge in [-0.1, -0.05) is 96.2 Å². The largest absolute Gasteiger partial charge is 0.411 e. The van der Waals surface area contributed by atoms with E-state index in [1.807, 2.05) is 91.0 Å². The summed E-state index contributed by atoms with van der Waals surface area (Å²) < 4.78 is 36.4. The third-order valence-electron chi connectivity index (χ3n) is 6.10. The predicted molar refractivity (Wildman–Crippen MR) is 141 cm³/mol. The molecule has 1 fully saturated rings. The van der Waals surface area contributed by atoms with E-state index in [1.54, 1.807) is 0 Å². The summed E-state index contributed by atoms with van der Waals surface area (Å²) in [6, 6.07) is 28.6. The molecule has 4 rings (SSSR count). The third-order valence-corrected chi connectivity index (χ3v) is 6.90. The van der Waals surface area contributed by atoms with Gasteiger partial charge in [0.05, 0.1) is 32.6 Å². The Balaban J connectivity index is 1.59. The molecule has 1 aliphatic heterocycles. The van der Waals surface area contributed by atoms with E-state index in [2.05, 4.69) is 5.16 Å². The molecular formula is C28H32NO8P. The summed E-state index contributed by atoms with van der Waals surface area (Å²) in [4.78, 5) is 19.4. The Morgan fingerprint density at radius 2 is 1.26 bits per heavy atom. The summed E-state index contributed by atoms with van der Waals surface area (Å²) in [7, 11) is -4.53. The molecule has 0 radical (unpaired) electrons. The number of ether oxygens (including phenoxy) is 4. The van der Waals surface area contributed by atoms with Gasteiger partial charge < -0.3 is 33.9 Å². The molecule has 202 valence electrons. The summed E-state index contributed by atoms with van der Waals surface area (Å²) in [5, 5.41) is 13.3. The molecule has 1 heterocycles. The molecule has 1 saturated heterocycles. The van der Waals surface area contributed by atoms with Crippen molar-refractivity contribution in [2.75, 3.05) is 12.8 Å². The molecule has 0 saturated carbocycles. The standard InChI is InChI=1S/C28H32NO8P/c30-29-26-25(20-38(31,32)33)37-24(19-34-16-21-10-4-1-5-11-21)27(35-17-22-12-6-2-7-13-22)28(26)36-18-23-14-8-3-9-15-23/h1-15,24-25,27-28,30H,16-20H2,(H2,31,32,33)/b29-26-/t24-,25-,27-,28-/m1/s1. The molecule has 3 aromatic carbocycles. The van der Waals surface area contributed by atoms with Crippen LogP contribution in [0.25, 0.3) is 0 Å². The van der Waals surface area contributed by atoms with Crippen LogP contribution in [0.5, 0.6) is 0 Å². The van der Waals surface area contributed by atoms with Crippen molar-refractivity contribution >= 4 is 13.3 Å². The van der Waals surface area contributed by atoms with Crippen molar-refractivity contribution in [1.82, 2.24) is 0 Å². The number of oxime groups is 1. The van der Waals surface area contributed by atoms with Crippen LogP contribution in [0, 0.1) is 0 Å². The summed E-state index contributed by atoms with van der Waals surface area (Å²) >= 11 is 0. The Bertz CT molecular complexity index is 1190. The highest BCUT2D eigenvalue weighted by molar-refractivity contribution is 7.51. The molecule has 0 spiro atoms. The molecule has 0 aromatic heterocycles. The maximum atomic E-state index is 11.9. The van der Waals surface area contributed by atoms with E-state index in [9.17, 15) is 19.6 Å². The lowest BCUT2D eigenvalue weighted by atomic mass is 9.95. The third kappa shape index (κ3) is 8.31. The van der Waals surface area contributed by atoms with Crippen LogP contribution in [0.1, 0.15) is 16.7 Å². The molecule has 1 aliphatic rings. The number of benzene rings is 3. The SMILES string of the molecule is O=P(O)(O)C[C@H]1O[C@H](COCc2ccccc2)[C@@H](OCc2ccccc2)[C@H](OCc2ccccc2)/C1=N\O. The van der Waals surface area contributed by atoms with Crippen LogP contribution in [0.2, 0.25) is 0 Å². The lowest BCUT2D eigenvalue weighted by molar-refractivity contribution is -0.173. The van der Waals surface area contributed by atoms with Gasteiger partial charge >= 0.3 is 7.60 Å². The molecule has 9 nitrogen and oxygen atoms in total. The Morgan fingerprint density at radius 1 is 0.763 bits per heavy atom. The van der Waals surface area contributed by atoms with Crippen molar-refractivity contribution in [3.05, 3.63) is 108 Å². The van der Waals surface area contributed by atoms with Gasteiger partial charge in [-0.2, -0.15) is 0 Å². The van der Waals surface area contributed by atoms with Gasteiger partial charge in [-0.3, -0.25) is 4.57 Å². The molecule has 0 aliphatic carbocycles. The monoisotopic (exact) mass is 541 g/mol. The van der Waals surface area contributed by atoms with Crippen LogP contribution in [-0.2, 0) is 43.3 Å². The van der Waals surface area contributed by atoms with Crippen LogP contribution in [0.15, 0.2) is 96.2 Å². The van der Waals surface area contributed by atoms with Crippen LogP contribution in [0.3, 0.4) is 0 Å². The van der Waals surface area contributed by atoms with Crippen molar-refractivity contribution in [3.8, 4) is 0 Å². The highest BCUT2D eigenvalue weighted by Crippen LogP contribution is 2.39. The zero-order chi connectivity index (χ0) is 26.8. The van der Waals surface area contributed by atoms with Crippen LogP contribution in [0.4, 0.5) is 0 Å². The smallest absolute Gasteiger partial charge is 0.328 e. The second-order valence-corrected chi connectivity index (χ2v) is 10.7. The first-order chi connectivity index (χ1) is 18.4. The van der Waals surface area contributed by atoms with Gasteiger partial charge in [0.15, 0.2) is 0 Å². The molecule has 0 bridgehead atoms. The molecule has 0 amide bonds. The minimum Gasteiger partial charge on any atom is -0.411 e. The van der Waals surface area contributed by atoms with Crippen molar-refractivity contribution in [3.63, 3.8) is 0 Å². The van der Waals surface area contributed by atoms with E-state index in [1.165, 1.54) is 0 Å². The fourth-order valence-corrected chi connectivity index (χ4v) is 4.99. The summed E-state index contributed by atoms with van der Waals surface area (Å²) in [5.74, 6) is 0. The van der Waals surface area contributed by atoms with E-state index >= 15 is 0 Å². The van der Waals surface area contributed by atoms with Crippen molar-refractivity contribution < 1.29 is 38.5 Å². The van der Waals surface area contributed by atoms with Crippen LogP contribution < -0.4 is 0 Å². The average Bonchev–Trinajstić information content (AvgIpc) is 2.92. The maximum absolute atomic E-state index is 11.9. The van der Waals surface area contributed by atoms with E-state index in [4.69, 9.17) is 18.9 Å². The lowest BCUT2D eigenvalue weighted by Gasteiger charge is -2.41. The Kier molecular flexibility index (Phi) is 10.2. The topological polar surface area (TPSA) is 127 Å². The van der Waals surface area contributed by atoms with Gasteiger partial charge in [-0.25, -0.2) is 0 Å². The lowest BCUT2D eigenvalue weighted by Crippen LogP contribution is -2.59. The fraction of sp³-hybridized carbons (Fsp3) is 0.321. The van der Waals surface area contributed by atoms with E-state index < -0.39 is 38.2 Å². The predicted octanol–water partition coefficient (Wildman–Crippen LogP) is 4.15. The quantitative estimate of drug-likeness (QED) is 0.177. The van der Waals surface area contributed by atoms with Gasteiger partial charge in [0.1, 0.15) is 30.1 Å². The fourth-order valence-electron chi connectivity index (χ4n) is 4.28. The summed E-state index contributed by atoms with van der Waals surface area (Å²) in [5.41, 5.74) is 2.72. The minimum atomic E-state index is -4.53. The average molecular weight is 542 g/mol. The first-order valence-corrected chi connectivity index (χ1v) is 14.1. The second kappa shape index (κ2) is 13.8. The van der Waals surface area contributed by atoms with Gasteiger partial charge in [-0.05, 0) is 16.7 Å². The molecule has 3 N–H and O–H groups in total. The molecule has 4 atom stereocenters. The van der Waals surface area contributed by atoms with Crippen molar-refractivity contribution in [2.45, 2.75) is 44.2 Å². The van der Waals surface area contributed by atoms with E-state index in [-0.39, 0.29) is 25.5 Å². The van der Waals surface area contributed by atoms with E-state index in [0.29, 0.717) is 6.61 Å². The number of hydrogen-bond acceptors (Lipinski definition) is 7. The van der Waals surface area contributed by atoms with Gasteiger partial charge in [0.2, 0.25) is 0 Å². The number of rotatable bonds is 12. The highest BCUT2D eigenvalue weighted by Gasteiger charge is 2.47. The van der Waals surface area contributed by atoms with Gasteiger partial charge in [0.25, 0.3) is 0 Å². The Morgan fingerprint density at radius 3 is 1.76 bits per heavy atom. The zero-order valence-electron chi connectivity index (χ0n) is 20.8. The highest BCUT2D eigenvalue weighted by atomic mass is 31.2. The minimum absolute atomic E-state index is 0.0402. The van der Waals surface area contributed by atoms with Gasteiger partial charge in [-0.15, -0.1) is 0 Å². The van der Waals surface area contributed by atoms with Gasteiger partial charge in [0, 0.05) is 0 Å². The zero-order valence-corrected chi connectivity index (χ0v) is 21.7. The Hall–Kier alpha value is -2.88. The first-order valence-electron chi connectivity index (χ1n) is 12.3. The van der Waals surface area contributed by atoms with Crippen molar-refractivity contribution in [2.24, 2.45) is 5.16 Å². The molecule has 10 heteroatoms. The van der Waals surface area contributed by atoms with E-state index in [0.717, 1.165) is 16.7 Å². The van der Waals surface area contributed by atoms with Crippen LogP contribution >= 0.6 is 7.60 Å². The maximum Gasteiger partial charge on any atom is 0.328 e. The molecule has 38 heavy (non-hydrogen) atoms. The summed E-state index contributed by atoms with van der Waals surface area (Å²) in [6.07, 6.45) is -4.35.